The van der Waals surface area contributed by atoms with Crippen molar-refractivity contribution < 1.29 is 4.74 Å². The van der Waals surface area contributed by atoms with Crippen LogP contribution in [0.15, 0.2) is 73.1 Å². The Morgan fingerprint density at radius 2 is 1.38 bits per heavy atom. The summed E-state index contributed by atoms with van der Waals surface area (Å²) in [4.78, 5) is 4.63. The van der Waals surface area contributed by atoms with Crippen molar-refractivity contribution >= 4 is 23.2 Å². The molecule has 3 aromatic carbocycles. The van der Waals surface area contributed by atoms with Gasteiger partial charge in [-0.2, -0.15) is 0 Å². The van der Waals surface area contributed by atoms with Gasteiger partial charge in [0.2, 0.25) is 0 Å². The molecule has 0 aliphatic carbocycles. The summed E-state index contributed by atoms with van der Waals surface area (Å²) in [6.07, 6.45) is 6.17. The van der Waals surface area contributed by atoms with Gasteiger partial charge in [-0.15, -0.1) is 0 Å². The molecule has 32 heavy (non-hydrogen) atoms. The third kappa shape index (κ3) is 5.11. The van der Waals surface area contributed by atoms with E-state index >= 15 is 0 Å². The number of hydrogen-bond donors (Lipinski definition) is 0. The van der Waals surface area contributed by atoms with E-state index in [1.165, 1.54) is 11.1 Å². The number of nitrogens with zero attached hydrogens (tertiary/aromatic N) is 2. The van der Waals surface area contributed by atoms with Crippen LogP contribution in [0.2, 0.25) is 0 Å². The Labute approximate surface area is 191 Å². The molecular formula is C29H32N2O. The van der Waals surface area contributed by atoms with Crippen LogP contribution in [0.25, 0.3) is 28.9 Å². The minimum Gasteiger partial charge on any atom is -0.488 e. The predicted molar refractivity (Wildman–Crippen MR) is 136 cm³/mol. The topological polar surface area (TPSA) is 27.1 Å². The van der Waals surface area contributed by atoms with E-state index in [4.69, 9.17) is 4.74 Å². The van der Waals surface area contributed by atoms with Crippen LogP contribution >= 0.6 is 0 Å². The summed E-state index contributed by atoms with van der Waals surface area (Å²) in [5.41, 5.74) is 6.77. The van der Waals surface area contributed by atoms with Gasteiger partial charge in [0.15, 0.2) is 0 Å². The Morgan fingerprint density at radius 3 is 2.00 bits per heavy atom. The first-order valence-electron chi connectivity index (χ1n) is 11.1. The van der Waals surface area contributed by atoms with Gasteiger partial charge in [-0.1, -0.05) is 63.3 Å². The highest BCUT2D eigenvalue weighted by Crippen LogP contribution is 2.25. The van der Waals surface area contributed by atoms with Crippen molar-refractivity contribution in [3.63, 3.8) is 0 Å². The van der Waals surface area contributed by atoms with Gasteiger partial charge in [0.25, 0.3) is 0 Å². The average molecular weight is 425 g/mol. The second kappa shape index (κ2) is 8.31. The summed E-state index contributed by atoms with van der Waals surface area (Å²) in [5.74, 6) is 0.869. The first kappa shape index (κ1) is 21.9. The summed E-state index contributed by atoms with van der Waals surface area (Å²) in [7, 11) is 0. The standard InChI is InChI=1S/C29H32N2O/c1-28(2,3)23-12-9-21(10-13-23)7-8-22-11-18-27-26(19-22)30-20-31(27)24-14-16-25(17-15-24)32-29(4,5)6/h7-20H,1-6H3. The Balaban J connectivity index is 1.53. The Bertz CT molecular complexity index is 1230. The summed E-state index contributed by atoms with van der Waals surface area (Å²) in [6, 6.07) is 23.3. The fourth-order valence-corrected chi connectivity index (χ4v) is 3.65. The SMILES string of the molecule is CC(C)(C)Oc1ccc(-n2cnc3cc(C=Cc4ccc(C(C)(C)C)cc4)ccc32)cc1. The molecule has 0 amide bonds. The first-order valence-corrected chi connectivity index (χ1v) is 11.1. The number of aromatic nitrogens is 2. The van der Waals surface area contributed by atoms with Crippen LogP contribution in [0, 0.1) is 0 Å². The number of ether oxygens (including phenoxy) is 1. The second-order valence-electron chi connectivity index (χ2n) is 10.3. The van der Waals surface area contributed by atoms with E-state index in [9.17, 15) is 0 Å². The molecule has 0 aliphatic rings. The summed E-state index contributed by atoms with van der Waals surface area (Å²) < 4.78 is 8.04. The molecular weight excluding hydrogens is 392 g/mol. The van der Waals surface area contributed by atoms with Gasteiger partial charge >= 0.3 is 0 Å². The maximum absolute atomic E-state index is 5.93. The van der Waals surface area contributed by atoms with Gasteiger partial charge < -0.3 is 4.74 Å². The maximum atomic E-state index is 5.93. The van der Waals surface area contributed by atoms with Crippen LogP contribution in [-0.4, -0.2) is 15.2 Å². The van der Waals surface area contributed by atoms with E-state index in [-0.39, 0.29) is 11.0 Å². The van der Waals surface area contributed by atoms with Crippen LogP contribution in [0.1, 0.15) is 58.2 Å². The Kier molecular flexibility index (Phi) is 5.68. The normalized spacial score (nSPS) is 12.6. The molecule has 3 nitrogen and oxygen atoms in total. The maximum Gasteiger partial charge on any atom is 0.120 e. The number of imidazole rings is 1. The van der Waals surface area contributed by atoms with E-state index in [0.717, 1.165) is 28.0 Å². The lowest BCUT2D eigenvalue weighted by atomic mass is 9.87. The zero-order chi connectivity index (χ0) is 22.9. The molecule has 0 saturated carbocycles. The molecule has 0 fully saturated rings. The smallest absolute Gasteiger partial charge is 0.120 e. The van der Waals surface area contributed by atoms with Crippen molar-refractivity contribution in [3.05, 3.63) is 89.7 Å². The largest absolute Gasteiger partial charge is 0.488 e. The van der Waals surface area contributed by atoms with Crippen molar-refractivity contribution in [3.8, 4) is 11.4 Å². The highest BCUT2D eigenvalue weighted by molar-refractivity contribution is 5.82. The molecule has 0 saturated heterocycles. The quantitative estimate of drug-likeness (QED) is 0.314. The van der Waals surface area contributed by atoms with Gasteiger partial charge in [0.05, 0.1) is 11.0 Å². The number of benzene rings is 3. The van der Waals surface area contributed by atoms with E-state index in [1.54, 1.807) is 0 Å². The van der Waals surface area contributed by atoms with E-state index in [2.05, 4.69) is 118 Å². The second-order valence-corrected chi connectivity index (χ2v) is 10.3. The third-order valence-electron chi connectivity index (χ3n) is 5.36. The molecule has 4 aromatic rings. The van der Waals surface area contributed by atoms with Gasteiger partial charge in [-0.05, 0) is 79.3 Å². The van der Waals surface area contributed by atoms with Crippen LogP contribution in [0.5, 0.6) is 5.75 Å². The fourth-order valence-electron chi connectivity index (χ4n) is 3.65. The number of fused-ring (bicyclic) bond motifs is 1. The lowest BCUT2D eigenvalue weighted by molar-refractivity contribution is 0.131. The summed E-state index contributed by atoms with van der Waals surface area (Å²) in [6.45, 7) is 12.9. The average Bonchev–Trinajstić information content (AvgIpc) is 3.14. The molecule has 0 bridgehead atoms. The third-order valence-corrected chi connectivity index (χ3v) is 5.36. The molecule has 4 rings (SSSR count). The van der Waals surface area contributed by atoms with Crippen LogP contribution in [0.4, 0.5) is 0 Å². The lowest BCUT2D eigenvalue weighted by Crippen LogP contribution is -2.22. The van der Waals surface area contributed by atoms with Gasteiger partial charge in [-0.25, -0.2) is 4.98 Å². The molecule has 164 valence electrons. The Morgan fingerprint density at radius 1 is 0.750 bits per heavy atom. The molecule has 3 heteroatoms. The van der Waals surface area contributed by atoms with Crippen LogP contribution < -0.4 is 4.74 Å². The minimum atomic E-state index is -0.207. The van der Waals surface area contributed by atoms with Gasteiger partial charge in [0.1, 0.15) is 17.7 Å². The van der Waals surface area contributed by atoms with Gasteiger partial charge in [0, 0.05) is 5.69 Å². The van der Waals surface area contributed by atoms with Crippen LogP contribution in [0.3, 0.4) is 0 Å². The van der Waals surface area contributed by atoms with Crippen molar-refractivity contribution in [1.82, 2.24) is 9.55 Å². The van der Waals surface area contributed by atoms with Crippen molar-refractivity contribution in [2.75, 3.05) is 0 Å². The highest BCUT2D eigenvalue weighted by atomic mass is 16.5. The minimum absolute atomic E-state index is 0.173. The molecule has 1 heterocycles. The van der Waals surface area contributed by atoms with Crippen LogP contribution in [-0.2, 0) is 5.41 Å². The predicted octanol–water partition coefficient (Wildman–Crippen LogP) is 7.67. The summed E-state index contributed by atoms with van der Waals surface area (Å²) in [5, 5.41) is 0. The molecule has 0 spiro atoms. The first-order chi connectivity index (χ1) is 15.1. The number of hydrogen-bond acceptors (Lipinski definition) is 2. The van der Waals surface area contributed by atoms with E-state index in [1.807, 2.05) is 18.5 Å². The number of rotatable bonds is 4. The molecule has 1 aromatic heterocycles. The van der Waals surface area contributed by atoms with Crippen molar-refractivity contribution in [1.29, 1.82) is 0 Å². The zero-order valence-electron chi connectivity index (χ0n) is 19.9. The zero-order valence-corrected chi connectivity index (χ0v) is 19.9. The monoisotopic (exact) mass is 424 g/mol. The lowest BCUT2D eigenvalue weighted by Gasteiger charge is -2.21. The fraction of sp³-hybridized carbons (Fsp3) is 0.276. The Hall–Kier alpha value is -3.33. The van der Waals surface area contributed by atoms with E-state index in [0.29, 0.717) is 0 Å². The molecule has 0 unspecified atom stereocenters. The van der Waals surface area contributed by atoms with Crippen molar-refractivity contribution in [2.24, 2.45) is 0 Å². The summed E-state index contributed by atoms with van der Waals surface area (Å²) >= 11 is 0. The van der Waals surface area contributed by atoms with Crippen molar-refractivity contribution in [2.45, 2.75) is 52.6 Å². The van der Waals surface area contributed by atoms with Gasteiger partial charge in [-0.3, -0.25) is 4.57 Å². The van der Waals surface area contributed by atoms with E-state index < -0.39 is 0 Å². The highest BCUT2D eigenvalue weighted by Gasteiger charge is 2.13. The molecule has 0 aliphatic heterocycles. The molecule has 0 radical (unpaired) electrons. The molecule has 0 atom stereocenters. The molecule has 0 N–H and O–H groups in total.